The molecule has 1 saturated heterocycles. The van der Waals surface area contributed by atoms with Gasteiger partial charge >= 0.3 is 12.0 Å². The SMILES string of the molecule is Cc1cc(C)c(/N=C2/O/C(=C/c3ccc4c(c3)c3ccccc3n4-c3ccccc3)C(=O)N2CCC(=O)O)c(C)c1. The third-order valence-corrected chi connectivity index (χ3v) is 7.29. The Labute approximate surface area is 237 Å². The maximum atomic E-state index is 13.5. The summed E-state index contributed by atoms with van der Waals surface area (Å²) < 4.78 is 8.26. The third-order valence-electron chi connectivity index (χ3n) is 7.29. The van der Waals surface area contributed by atoms with Gasteiger partial charge in [0.1, 0.15) is 0 Å². The zero-order chi connectivity index (χ0) is 28.7. The summed E-state index contributed by atoms with van der Waals surface area (Å²) in [4.78, 5) is 30.8. The summed E-state index contributed by atoms with van der Waals surface area (Å²) in [5.41, 5.74) is 7.70. The van der Waals surface area contributed by atoms with Crippen molar-refractivity contribution in [2.24, 2.45) is 4.99 Å². The van der Waals surface area contributed by atoms with Crippen LogP contribution < -0.4 is 0 Å². The third kappa shape index (κ3) is 4.87. The fourth-order valence-electron chi connectivity index (χ4n) is 5.53. The number of rotatable bonds is 6. The number of hydrogen-bond donors (Lipinski definition) is 1. The molecule has 0 bridgehead atoms. The van der Waals surface area contributed by atoms with E-state index >= 15 is 0 Å². The molecule has 5 aromatic rings. The van der Waals surface area contributed by atoms with Crippen molar-refractivity contribution in [1.29, 1.82) is 0 Å². The number of aromatic nitrogens is 1. The fraction of sp³-hybridized carbons (Fsp3) is 0.147. The van der Waals surface area contributed by atoms with Gasteiger partial charge in [-0.25, -0.2) is 0 Å². The number of carbonyl (C=O) groups is 2. The van der Waals surface area contributed by atoms with Gasteiger partial charge in [0.25, 0.3) is 5.91 Å². The van der Waals surface area contributed by atoms with E-state index in [9.17, 15) is 14.7 Å². The van der Waals surface area contributed by atoms with Crippen molar-refractivity contribution >= 4 is 51.5 Å². The Bertz CT molecular complexity index is 1880. The molecule has 0 spiro atoms. The lowest BCUT2D eigenvalue weighted by Crippen LogP contribution is -2.32. The maximum absolute atomic E-state index is 13.5. The van der Waals surface area contributed by atoms with Crippen molar-refractivity contribution in [3.8, 4) is 5.69 Å². The average molecular weight is 544 g/mol. The number of amides is 1. The van der Waals surface area contributed by atoms with Gasteiger partial charge in [0.2, 0.25) is 0 Å². The molecule has 0 unspecified atom stereocenters. The quantitative estimate of drug-likeness (QED) is 0.232. The monoisotopic (exact) mass is 543 g/mol. The zero-order valence-corrected chi connectivity index (χ0v) is 23.1. The molecule has 4 aromatic carbocycles. The van der Waals surface area contributed by atoms with Crippen molar-refractivity contribution in [1.82, 2.24) is 9.47 Å². The number of nitrogens with zero attached hydrogens (tertiary/aromatic N) is 3. The molecule has 7 nitrogen and oxygen atoms in total. The fourth-order valence-corrected chi connectivity index (χ4v) is 5.53. The van der Waals surface area contributed by atoms with Gasteiger partial charge in [0.15, 0.2) is 5.76 Å². The number of amidine groups is 1. The molecule has 7 heteroatoms. The normalized spacial score (nSPS) is 15.4. The van der Waals surface area contributed by atoms with Gasteiger partial charge in [0, 0.05) is 23.0 Å². The number of benzene rings is 4. The molecular weight excluding hydrogens is 514 g/mol. The topological polar surface area (TPSA) is 84.1 Å². The minimum absolute atomic E-state index is 0.0438. The van der Waals surface area contributed by atoms with E-state index < -0.39 is 11.9 Å². The first-order valence-corrected chi connectivity index (χ1v) is 13.5. The summed E-state index contributed by atoms with van der Waals surface area (Å²) in [6, 6.07) is 28.6. The Kier molecular flexibility index (Phi) is 6.63. The number of ether oxygens (including phenoxy) is 1. The van der Waals surface area contributed by atoms with Crippen molar-refractivity contribution in [2.75, 3.05) is 6.54 Å². The van der Waals surface area contributed by atoms with Gasteiger partial charge in [-0.3, -0.25) is 14.5 Å². The molecule has 1 aromatic heterocycles. The van der Waals surface area contributed by atoms with Crippen molar-refractivity contribution < 1.29 is 19.4 Å². The maximum Gasteiger partial charge on any atom is 0.305 e. The number of aliphatic imine (C=N–C) groups is 1. The molecular formula is C34H29N3O4. The van der Waals surface area contributed by atoms with Crippen molar-refractivity contribution in [2.45, 2.75) is 27.2 Å². The highest BCUT2D eigenvalue weighted by atomic mass is 16.5. The van der Waals surface area contributed by atoms with E-state index in [1.165, 1.54) is 4.90 Å². The number of hydrogen-bond acceptors (Lipinski definition) is 4. The number of aliphatic carboxylic acids is 1. The molecule has 1 aliphatic heterocycles. The highest BCUT2D eigenvalue weighted by molar-refractivity contribution is 6.13. The second kappa shape index (κ2) is 10.4. The standard InChI is InChI=1S/C34H29N3O4/c1-21-17-22(2)32(23(3)18-21)35-34-36(16-15-31(38)39)33(40)30(41-34)20-24-13-14-29-27(19-24)26-11-7-8-12-28(26)37(29)25-9-5-4-6-10-25/h4-14,17-20H,15-16H2,1-3H3,(H,38,39)/b30-20+,35-34+. The van der Waals surface area contributed by atoms with Crippen LogP contribution in [0.1, 0.15) is 28.7 Å². The van der Waals surface area contributed by atoms with E-state index in [1.807, 2.05) is 81.4 Å². The molecule has 0 atom stereocenters. The van der Waals surface area contributed by atoms with Crippen LogP contribution in [0.2, 0.25) is 0 Å². The minimum atomic E-state index is -1.00. The van der Waals surface area contributed by atoms with Gasteiger partial charge in [0.05, 0.1) is 23.1 Å². The van der Waals surface area contributed by atoms with Crippen LogP contribution in [0.4, 0.5) is 5.69 Å². The first-order valence-electron chi connectivity index (χ1n) is 13.5. The Hall–Kier alpha value is -5.17. The molecule has 204 valence electrons. The van der Waals surface area contributed by atoms with Crippen LogP contribution in [-0.4, -0.2) is 39.0 Å². The van der Waals surface area contributed by atoms with Crippen LogP contribution in [0.15, 0.2) is 95.7 Å². The number of carbonyl (C=O) groups excluding carboxylic acids is 1. The number of fused-ring (bicyclic) bond motifs is 3. The number of carboxylic acid groups (broad SMARTS) is 1. The predicted octanol–water partition coefficient (Wildman–Crippen LogP) is 7.07. The summed E-state index contributed by atoms with van der Waals surface area (Å²) in [6.07, 6.45) is 1.47. The molecule has 0 aliphatic carbocycles. The summed E-state index contributed by atoms with van der Waals surface area (Å²) >= 11 is 0. The van der Waals surface area contributed by atoms with Gasteiger partial charge in [-0.1, -0.05) is 60.2 Å². The Morgan fingerprint density at radius 3 is 2.29 bits per heavy atom. The van der Waals surface area contributed by atoms with E-state index in [0.29, 0.717) is 5.69 Å². The van der Waals surface area contributed by atoms with Crippen LogP contribution in [0, 0.1) is 20.8 Å². The molecule has 2 heterocycles. The average Bonchev–Trinajstić information content (AvgIpc) is 3.43. The van der Waals surface area contributed by atoms with Gasteiger partial charge < -0.3 is 14.4 Å². The van der Waals surface area contributed by atoms with Gasteiger partial charge in [-0.2, -0.15) is 4.99 Å². The molecule has 1 aliphatic rings. The molecule has 1 fully saturated rings. The second-order valence-electron chi connectivity index (χ2n) is 10.3. The van der Waals surface area contributed by atoms with Crippen LogP contribution in [0.5, 0.6) is 0 Å². The van der Waals surface area contributed by atoms with E-state index in [4.69, 9.17) is 9.73 Å². The summed E-state index contributed by atoms with van der Waals surface area (Å²) in [7, 11) is 0. The Balaban J connectivity index is 1.43. The second-order valence-corrected chi connectivity index (χ2v) is 10.3. The first-order chi connectivity index (χ1) is 19.8. The highest BCUT2D eigenvalue weighted by Gasteiger charge is 2.35. The van der Waals surface area contributed by atoms with E-state index in [2.05, 4.69) is 28.8 Å². The summed E-state index contributed by atoms with van der Waals surface area (Å²) in [6.45, 7) is 5.88. The van der Waals surface area contributed by atoms with Crippen LogP contribution in [-0.2, 0) is 14.3 Å². The van der Waals surface area contributed by atoms with Crippen molar-refractivity contribution in [3.05, 3.63) is 113 Å². The van der Waals surface area contributed by atoms with Crippen molar-refractivity contribution in [3.63, 3.8) is 0 Å². The molecule has 0 saturated carbocycles. The van der Waals surface area contributed by atoms with E-state index in [0.717, 1.165) is 49.7 Å². The first kappa shape index (κ1) is 26.1. The van der Waals surface area contributed by atoms with E-state index in [1.54, 1.807) is 6.08 Å². The molecule has 41 heavy (non-hydrogen) atoms. The minimum Gasteiger partial charge on any atom is -0.481 e. The van der Waals surface area contributed by atoms with Crippen LogP contribution >= 0.6 is 0 Å². The number of aryl methyl sites for hydroxylation is 3. The van der Waals surface area contributed by atoms with Gasteiger partial charge in [-0.05, 0) is 73.9 Å². The summed E-state index contributed by atoms with van der Waals surface area (Å²) in [5.74, 6) is -1.32. The van der Waals surface area contributed by atoms with Gasteiger partial charge in [-0.15, -0.1) is 0 Å². The highest BCUT2D eigenvalue weighted by Crippen LogP contribution is 2.34. The van der Waals surface area contributed by atoms with Crippen LogP contribution in [0.25, 0.3) is 33.6 Å². The Morgan fingerprint density at radius 1 is 0.878 bits per heavy atom. The Morgan fingerprint density at radius 2 is 1.56 bits per heavy atom. The lowest BCUT2D eigenvalue weighted by molar-refractivity contribution is -0.137. The molecule has 6 rings (SSSR count). The number of carboxylic acids is 1. The number of para-hydroxylation sites is 2. The molecule has 0 radical (unpaired) electrons. The lowest BCUT2D eigenvalue weighted by atomic mass is 10.1. The molecule has 1 N–H and O–H groups in total. The molecule has 1 amide bonds. The summed E-state index contributed by atoms with van der Waals surface area (Å²) in [5, 5.41) is 11.4. The zero-order valence-electron chi connectivity index (χ0n) is 23.1. The largest absolute Gasteiger partial charge is 0.481 e. The van der Waals surface area contributed by atoms with E-state index in [-0.39, 0.29) is 24.7 Å². The lowest BCUT2D eigenvalue weighted by Gasteiger charge is -2.13. The van der Waals surface area contributed by atoms with Crippen LogP contribution in [0.3, 0.4) is 0 Å². The smallest absolute Gasteiger partial charge is 0.305 e. The predicted molar refractivity (Wildman–Crippen MR) is 162 cm³/mol.